The second-order valence-corrected chi connectivity index (χ2v) is 8.38. The molecule has 1 fully saturated rings. The Hall–Kier alpha value is -3.09. The number of halogens is 1. The van der Waals surface area contributed by atoms with Crippen molar-refractivity contribution >= 4 is 23.3 Å². The van der Waals surface area contributed by atoms with Crippen LogP contribution in [0.15, 0.2) is 66.9 Å². The van der Waals surface area contributed by atoms with Gasteiger partial charge in [0.1, 0.15) is 18.2 Å². The van der Waals surface area contributed by atoms with Gasteiger partial charge in [0.15, 0.2) is 0 Å². The van der Waals surface area contributed by atoms with Gasteiger partial charge in [-0.2, -0.15) is 0 Å². The van der Waals surface area contributed by atoms with E-state index < -0.39 is 0 Å². The topological polar surface area (TPSA) is 57.7 Å². The SMILES string of the molecule is CN1CCN(c2ccc(CNC(=O)c3cccc(OCc4cccc(Cl)c4)c3)cn2)CC1. The highest BCUT2D eigenvalue weighted by molar-refractivity contribution is 6.30. The van der Waals surface area contributed by atoms with Gasteiger partial charge in [-0.15, -0.1) is 0 Å². The first-order valence-corrected chi connectivity index (χ1v) is 11.1. The summed E-state index contributed by atoms with van der Waals surface area (Å²) in [5, 5.41) is 3.63. The van der Waals surface area contributed by atoms with Gasteiger partial charge in [0.2, 0.25) is 0 Å². The fourth-order valence-electron chi connectivity index (χ4n) is 3.55. The molecule has 166 valence electrons. The van der Waals surface area contributed by atoms with Crippen LogP contribution in [0.1, 0.15) is 21.5 Å². The molecule has 0 aliphatic carbocycles. The summed E-state index contributed by atoms with van der Waals surface area (Å²) >= 11 is 6.02. The molecular formula is C25H27ClN4O2. The summed E-state index contributed by atoms with van der Waals surface area (Å²) in [7, 11) is 2.14. The molecule has 0 unspecified atom stereocenters. The summed E-state index contributed by atoms with van der Waals surface area (Å²) in [6, 6.07) is 18.7. The molecule has 7 heteroatoms. The van der Waals surface area contributed by atoms with Crippen molar-refractivity contribution in [3.05, 3.63) is 88.6 Å². The van der Waals surface area contributed by atoms with Crippen molar-refractivity contribution in [1.82, 2.24) is 15.2 Å². The van der Waals surface area contributed by atoms with Crippen LogP contribution in [0, 0.1) is 0 Å². The molecule has 2 heterocycles. The van der Waals surface area contributed by atoms with E-state index >= 15 is 0 Å². The van der Waals surface area contributed by atoms with Gasteiger partial charge < -0.3 is 19.9 Å². The third-order valence-electron chi connectivity index (χ3n) is 5.48. The molecule has 0 radical (unpaired) electrons. The zero-order valence-electron chi connectivity index (χ0n) is 18.1. The summed E-state index contributed by atoms with van der Waals surface area (Å²) < 4.78 is 5.82. The monoisotopic (exact) mass is 450 g/mol. The normalized spacial score (nSPS) is 14.2. The molecule has 1 aliphatic rings. The Bertz CT molecular complexity index is 1050. The Morgan fingerprint density at radius 2 is 1.84 bits per heavy atom. The van der Waals surface area contributed by atoms with Gasteiger partial charge in [-0.3, -0.25) is 4.79 Å². The van der Waals surface area contributed by atoms with Crippen LogP contribution in [-0.2, 0) is 13.2 Å². The molecule has 0 atom stereocenters. The number of nitrogens with one attached hydrogen (secondary N) is 1. The van der Waals surface area contributed by atoms with Crippen molar-refractivity contribution in [1.29, 1.82) is 0 Å². The second-order valence-electron chi connectivity index (χ2n) is 7.94. The smallest absolute Gasteiger partial charge is 0.251 e. The average Bonchev–Trinajstić information content (AvgIpc) is 2.82. The number of carbonyl (C=O) groups excluding carboxylic acids is 1. The van der Waals surface area contributed by atoms with E-state index in [4.69, 9.17) is 16.3 Å². The van der Waals surface area contributed by atoms with Crippen molar-refractivity contribution in [2.45, 2.75) is 13.2 Å². The molecule has 0 saturated carbocycles. The Kier molecular flexibility index (Phi) is 7.24. The first kappa shape index (κ1) is 22.1. The lowest BCUT2D eigenvalue weighted by Crippen LogP contribution is -2.44. The van der Waals surface area contributed by atoms with Crippen LogP contribution in [0.4, 0.5) is 5.82 Å². The van der Waals surface area contributed by atoms with Gasteiger partial charge in [0, 0.05) is 49.5 Å². The van der Waals surface area contributed by atoms with Crippen molar-refractivity contribution in [2.24, 2.45) is 0 Å². The summed E-state index contributed by atoms with van der Waals surface area (Å²) in [6.07, 6.45) is 1.83. The van der Waals surface area contributed by atoms with Crippen molar-refractivity contribution in [3.63, 3.8) is 0 Å². The van der Waals surface area contributed by atoms with E-state index in [1.165, 1.54) is 0 Å². The van der Waals surface area contributed by atoms with Crippen LogP contribution in [0.25, 0.3) is 0 Å². The molecule has 1 N–H and O–H groups in total. The maximum atomic E-state index is 12.6. The highest BCUT2D eigenvalue weighted by Crippen LogP contribution is 2.18. The van der Waals surface area contributed by atoms with E-state index in [1.54, 1.807) is 12.1 Å². The number of hydrogen-bond acceptors (Lipinski definition) is 5. The van der Waals surface area contributed by atoms with Crippen molar-refractivity contribution < 1.29 is 9.53 Å². The van der Waals surface area contributed by atoms with Crippen LogP contribution in [0.2, 0.25) is 5.02 Å². The molecule has 1 saturated heterocycles. The number of aromatic nitrogens is 1. The fraction of sp³-hybridized carbons (Fsp3) is 0.280. The zero-order valence-corrected chi connectivity index (χ0v) is 18.9. The number of anilines is 1. The number of likely N-dealkylation sites (N-methyl/N-ethyl adjacent to an activating group) is 1. The maximum Gasteiger partial charge on any atom is 0.251 e. The van der Waals surface area contributed by atoms with Gasteiger partial charge in [-0.05, 0) is 54.6 Å². The fourth-order valence-corrected chi connectivity index (χ4v) is 3.76. The van der Waals surface area contributed by atoms with E-state index in [0.29, 0.717) is 29.5 Å². The van der Waals surface area contributed by atoms with Crippen LogP contribution >= 0.6 is 11.6 Å². The maximum absolute atomic E-state index is 12.6. The standard InChI is InChI=1S/C25H27ClN4O2/c1-29-10-12-30(13-11-29)24-9-8-20(16-27-24)17-28-25(31)21-5-3-7-23(15-21)32-18-19-4-2-6-22(26)14-19/h2-9,14-16H,10-13,17-18H2,1H3,(H,28,31). The highest BCUT2D eigenvalue weighted by Gasteiger charge is 2.15. The Morgan fingerprint density at radius 3 is 2.59 bits per heavy atom. The summed E-state index contributed by atoms with van der Waals surface area (Å²) in [4.78, 5) is 21.8. The molecular weight excluding hydrogens is 424 g/mol. The van der Waals surface area contributed by atoms with Crippen molar-refractivity contribution in [2.75, 3.05) is 38.1 Å². The molecule has 2 aromatic carbocycles. The molecule has 3 aromatic rings. The molecule has 0 spiro atoms. The van der Waals surface area contributed by atoms with E-state index in [9.17, 15) is 4.79 Å². The number of pyridine rings is 1. The van der Waals surface area contributed by atoms with Crippen molar-refractivity contribution in [3.8, 4) is 5.75 Å². The first-order chi connectivity index (χ1) is 15.6. The van der Waals surface area contributed by atoms with E-state index in [2.05, 4.69) is 27.1 Å². The molecule has 4 rings (SSSR count). The third kappa shape index (κ3) is 5.99. The summed E-state index contributed by atoms with van der Waals surface area (Å²) in [6.45, 7) is 4.85. The lowest BCUT2D eigenvalue weighted by atomic mass is 10.2. The highest BCUT2D eigenvalue weighted by atomic mass is 35.5. The third-order valence-corrected chi connectivity index (χ3v) is 5.72. The van der Waals surface area contributed by atoms with Crippen LogP contribution in [-0.4, -0.2) is 49.0 Å². The van der Waals surface area contributed by atoms with E-state index in [-0.39, 0.29) is 5.91 Å². The average molecular weight is 451 g/mol. The lowest BCUT2D eigenvalue weighted by molar-refractivity contribution is 0.0950. The number of ether oxygens (including phenoxy) is 1. The quantitative estimate of drug-likeness (QED) is 0.589. The van der Waals surface area contributed by atoms with Crippen LogP contribution in [0.5, 0.6) is 5.75 Å². The number of nitrogens with zero attached hydrogens (tertiary/aromatic N) is 3. The minimum absolute atomic E-state index is 0.152. The Labute approximate surface area is 193 Å². The van der Waals surface area contributed by atoms with Crippen LogP contribution < -0.4 is 15.0 Å². The second kappa shape index (κ2) is 10.5. The molecule has 1 aromatic heterocycles. The molecule has 0 bridgehead atoms. The predicted octanol–water partition coefficient (Wildman–Crippen LogP) is 4.00. The number of amides is 1. The number of carbonyl (C=O) groups is 1. The number of rotatable bonds is 7. The van der Waals surface area contributed by atoms with Gasteiger partial charge >= 0.3 is 0 Å². The molecule has 32 heavy (non-hydrogen) atoms. The summed E-state index contributed by atoms with van der Waals surface area (Å²) in [5.74, 6) is 1.47. The first-order valence-electron chi connectivity index (χ1n) is 10.7. The van der Waals surface area contributed by atoms with Gasteiger partial charge in [0.05, 0.1) is 0 Å². The molecule has 6 nitrogen and oxygen atoms in total. The van der Waals surface area contributed by atoms with Gasteiger partial charge in [-0.1, -0.05) is 35.9 Å². The Balaban J connectivity index is 1.29. The largest absolute Gasteiger partial charge is 0.489 e. The lowest BCUT2D eigenvalue weighted by Gasteiger charge is -2.33. The molecule has 1 aliphatic heterocycles. The minimum atomic E-state index is -0.152. The summed E-state index contributed by atoms with van der Waals surface area (Å²) in [5.41, 5.74) is 2.49. The van der Waals surface area contributed by atoms with E-state index in [1.807, 2.05) is 54.7 Å². The number of piperazine rings is 1. The minimum Gasteiger partial charge on any atom is -0.489 e. The van der Waals surface area contributed by atoms with Gasteiger partial charge in [0.25, 0.3) is 5.91 Å². The Morgan fingerprint density at radius 1 is 1.03 bits per heavy atom. The molecule has 1 amide bonds. The van der Waals surface area contributed by atoms with Gasteiger partial charge in [-0.25, -0.2) is 4.98 Å². The zero-order chi connectivity index (χ0) is 22.3. The predicted molar refractivity (Wildman–Crippen MR) is 127 cm³/mol. The number of benzene rings is 2. The van der Waals surface area contributed by atoms with E-state index in [0.717, 1.165) is 43.1 Å². The number of hydrogen-bond donors (Lipinski definition) is 1. The van der Waals surface area contributed by atoms with Crippen LogP contribution in [0.3, 0.4) is 0 Å².